The lowest BCUT2D eigenvalue weighted by atomic mass is 10.4. The largest absolute Gasteiger partial charge is 0.304 e. The molecule has 0 saturated carbocycles. The van der Waals surface area contributed by atoms with Gasteiger partial charge in [-0.2, -0.15) is 0 Å². The van der Waals surface area contributed by atoms with Crippen molar-refractivity contribution in [2.24, 2.45) is 4.99 Å². The van der Waals surface area contributed by atoms with Gasteiger partial charge in [0.1, 0.15) is 0 Å². The third kappa shape index (κ3) is 6.01. The molecule has 1 rings (SSSR count). The molecular weight excluding hydrogens is 138 g/mol. The van der Waals surface area contributed by atoms with E-state index in [2.05, 4.69) is 35.6 Å². The van der Waals surface area contributed by atoms with Crippen LogP contribution in [0.3, 0.4) is 0 Å². The Bertz CT molecular complexity index is 85.5. The van der Waals surface area contributed by atoms with Crippen molar-refractivity contribution in [2.45, 2.75) is 0 Å². The highest BCUT2D eigenvalue weighted by Gasteiger charge is 2.07. The average molecular weight is 157 g/mol. The first-order valence-corrected chi connectivity index (χ1v) is 3.92. The second-order valence-electron chi connectivity index (χ2n) is 2.92. The van der Waals surface area contributed by atoms with Gasteiger partial charge in [0, 0.05) is 33.2 Å². The van der Waals surface area contributed by atoms with Crippen LogP contribution < -0.4 is 0 Å². The average Bonchev–Trinajstić information content (AvgIpc) is 1.97. The Labute approximate surface area is 69.7 Å². The van der Waals surface area contributed by atoms with Gasteiger partial charge in [0.15, 0.2) is 0 Å². The Morgan fingerprint density at radius 1 is 1.00 bits per heavy atom. The highest BCUT2D eigenvalue weighted by atomic mass is 15.2. The summed E-state index contributed by atoms with van der Waals surface area (Å²) in [5.41, 5.74) is 0. The summed E-state index contributed by atoms with van der Waals surface area (Å²) in [5.74, 6) is 0. The molecule has 1 saturated heterocycles. The van der Waals surface area contributed by atoms with Crippen molar-refractivity contribution in [1.82, 2.24) is 9.80 Å². The van der Waals surface area contributed by atoms with Crippen molar-refractivity contribution in [3.05, 3.63) is 0 Å². The SMILES string of the molecule is C=NC.CN1CCN(C)CC1. The lowest BCUT2D eigenvalue weighted by Crippen LogP contribution is -2.42. The molecule has 1 fully saturated rings. The minimum Gasteiger partial charge on any atom is -0.304 e. The van der Waals surface area contributed by atoms with Crippen LogP contribution in [-0.4, -0.2) is 63.8 Å². The van der Waals surface area contributed by atoms with Crippen LogP contribution in [0.5, 0.6) is 0 Å². The minimum absolute atomic E-state index is 1.23. The van der Waals surface area contributed by atoms with Gasteiger partial charge in [-0.15, -0.1) is 0 Å². The maximum absolute atomic E-state index is 3.25. The number of nitrogens with zero attached hydrogens (tertiary/aromatic N) is 3. The second-order valence-corrected chi connectivity index (χ2v) is 2.92. The molecule has 0 aromatic rings. The van der Waals surface area contributed by atoms with Crippen LogP contribution in [0.2, 0.25) is 0 Å². The highest BCUT2D eigenvalue weighted by Crippen LogP contribution is 1.93. The first kappa shape index (κ1) is 10.6. The first-order chi connectivity index (χ1) is 5.20. The predicted octanol–water partition coefficient (Wildman–Crippen LogP) is 0.180. The molecule has 0 unspecified atom stereocenters. The summed E-state index contributed by atoms with van der Waals surface area (Å²) < 4.78 is 0. The molecule has 0 radical (unpaired) electrons. The van der Waals surface area contributed by atoms with Crippen molar-refractivity contribution in [3.8, 4) is 0 Å². The number of likely N-dealkylation sites (N-methyl/N-ethyl adjacent to an activating group) is 2. The van der Waals surface area contributed by atoms with Gasteiger partial charge < -0.3 is 14.8 Å². The van der Waals surface area contributed by atoms with E-state index in [9.17, 15) is 0 Å². The highest BCUT2D eigenvalue weighted by molar-refractivity contribution is 5.22. The van der Waals surface area contributed by atoms with Gasteiger partial charge in [0.05, 0.1) is 0 Å². The molecule has 3 nitrogen and oxygen atoms in total. The third-order valence-corrected chi connectivity index (χ3v) is 1.73. The molecule has 0 bridgehead atoms. The van der Waals surface area contributed by atoms with Gasteiger partial charge in [-0.05, 0) is 20.8 Å². The predicted molar refractivity (Wildman–Crippen MR) is 50.5 cm³/mol. The topological polar surface area (TPSA) is 18.8 Å². The molecule has 1 heterocycles. The van der Waals surface area contributed by atoms with Gasteiger partial charge >= 0.3 is 0 Å². The number of piperazine rings is 1. The fourth-order valence-corrected chi connectivity index (χ4v) is 0.906. The number of hydrogen-bond donors (Lipinski definition) is 0. The molecule has 0 aliphatic carbocycles. The van der Waals surface area contributed by atoms with Gasteiger partial charge in [-0.25, -0.2) is 0 Å². The zero-order chi connectivity index (χ0) is 8.69. The normalized spacial score (nSPS) is 20.3. The van der Waals surface area contributed by atoms with Crippen LogP contribution in [-0.2, 0) is 0 Å². The van der Waals surface area contributed by atoms with Crippen LogP contribution in [0.1, 0.15) is 0 Å². The van der Waals surface area contributed by atoms with E-state index >= 15 is 0 Å². The fourth-order valence-electron chi connectivity index (χ4n) is 0.906. The van der Waals surface area contributed by atoms with Crippen molar-refractivity contribution in [2.75, 3.05) is 47.3 Å². The van der Waals surface area contributed by atoms with Crippen molar-refractivity contribution < 1.29 is 0 Å². The monoisotopic (exact) mass is 157 g/mol. The summed E-state index contributed by atoms with van der Waals surface area (Å²) in [4.78, 5) is 7.97. The Kier molecular flexibility index (Phi) is 6.07. The smallest absolute Gasteiger partial charge is 0.0269 e. The minimum atomic E-state index is 1.23. The molecule has 0 amide bonds. The Balaban J connectivity index is 0.000000292. The molecular formula is C8H19N3. The van der Waals surface area contributed by atoms with E-state index in [1.165, 1.54) is 26.2 Å². The molecule has 0 atom stereocenters. The summed E-state index contributed by atoms with van der Waals surface area (Å²) in [6.45, 7) is 8.04. The summed E-state index contributed by atoms with van der Waals surface area (Å²) in [6.07, 6.45) is 0. The molecule has 0 N–H and O–H groups in total. The summed E-state index contributed by atoms with van der Waals surface area (Å²) >= 11 is 0. The molecule has 1 aliphatic heterocycles. The van der Waals surface area contributed by atoms with Gasteiger partial charge in [-0.3, -0.25) is 0 Å². The molecule has 0 aromatic carbocycles. The van der Waals surface area contributed by atoms with Crippen LogP contribution >= 0.6 is 0 Å². The number of rotatable bonds is 0. The van der Waals surface area contributed by atoms with Gasteiger partial charge in [0.25, 0.3) is 0 Å². The van der Waals surface area contributed by atoms with Crippen LogP contribution in [0.4, 0.5) is 0 Å². The molecule has 11 heavy (non-hydrogen) atoms. The standard InChI is InChI=1S/C6H14N2.C2H5N/c1-7-3-5-8(2)6-4-7;1-3-2/h3-6H2,1-2H3;1H2,2H3. The van der Waals surface area contributed by atoms with E-state index in [0.717, 1.165) is 0 Å². The lowest BCUT2D eigenvalue weighted by Gasteiger charge is -2.28. The molecule has 0 aromatic heterocycles. The maximum atomic E-state index is 3.25. The van der Waals surface area contributed by atoms with Crippen molar-refractivity contribution in [1.29, 1.82) is 0 Å². The summed E-state index contributed by atoms with van der Waals surface area (Å²) in [5, 5.41) is 0. The van der Waals surface area contributed by atoms with E-state index in [0.29, 0.717) is 0 Å². The maximum Gasteiger partial charge on any atom is 0.0269 e. The third-order valence-electron chi connectivity index (χ3n) is 1.73. The van der Waals surface area contributed by atoms with E-state index in [1.807, 2.05) is 0 Å². The van der Waals surface area contributed by atoms with E-state index in [-0.39, 0.29) is 0 Å². The van der Waals surface area contributed by atoms with Gasteiger partial charge in [-0.1, -0.05) is 0 Å². The Morgan fingerprint density at radius 3 is 1.36 bits per heavy atom. The fraction of sp³-hybridized carbons (Fsp3) is 0.875. The van der Waals surface area contributed by atoms with Crippen LogP contribution in [0, 0.1) is 0 Å². The molecule has 1 aliphatic rings. The van der Waals surface area contributed by atoms with Crippen molar-refractivity contribution in [3.63, 3.8) is 0 Å². The van der Waals surface area contributed by atoms with E-state index < -0.39 is 0 Å². The quantitative estimate of drug-likeness (QED) is 0.467. The number of hydrogen-bond acceptors (Lipinski definition) is 3. The van der Waals surface area contributed by atoms with Crippen molar-refractivity contribution >= 4 is 6.72 Å². The number of aliphatic imine (C=N–C) groups is 1. The Hall–Kier alpha value is -0.410. The molecule has 66 valence electrons. The summed E-state index contributed by atoms with van der Waals surface area (Å²) in [7, 11) is 5.99. The first-order valence-electron chi connectivity index (χ1n) is 3.92. The van der Waals surface area contributed by atoms with Gasteiger partial charge in [0.2, 0.25) is 0 Å². The second kappa shape index (κ2) is 6.31. The zero-order valence-corrected chi connectivity index (χ0v) is 7.88. The zero-order valence-electron chi connectivity index (χ0n) is 7.88. The lowest BCUT2D eigenvalue weighted by molar-refractivity contribution is 0.181. The van der Waals surface area contributed by atoms with Crippen LogP contribution in [0.15, 0.2) is 4.99 Å². The van der Waals surface area contributed by atoms with E-state index in [4.69, 9.17) is 0 Å². The van der Waals surface area contributed by atoms with Crippen LogP contribution in [0.25, 0.3) is 0 Å². The van der Waals surface area contributed by atoms with E-state index in [1.54, 1.807) is 7.05 Å². The Morgan fingerprint density at radius 2 is 1.18 bits per heavy atom. The molecule has 0 spiro atoms. The molecule has 3 heteroatoms. The summed E-state index contributed by atoms with van der Waals surface area (Å²) in [6, 6.07) is 0.